The van der Waals surface area contributed by atoms with Crippen LogP contribution in [0.15, 0.2) is 30.9 Å². The van der Waals surface area contributed by atoms with E-state index in [4.69, 9.17) is 24.5 Å². The molecule has 25 heavy (non-hydrogen) atoms. The van der Waals surface area contributed by atoms with E-state index >= 15 is 0 Å². The van der Waals surface area contributed by atoms with Gasteiger partial charge in [-0.05, 0) is 57.3 Å². The average molecular weight is 349 g/mol. The Hall–Kier alpha value is -2.34. The molecule has 0 radical (unpaired) electrons. The van der Waals surface area contributed by atoms with Crippen molar-refractivity contribution in [3.8, 4) is 5.75 Å². The highest BCUT2D eigenvalue weighted by atomic mass is 16.5. The third kappa shape index (κ3) is 8.35. The largest absolute Gasteiger partial charge is 0.493 e. The van der Waals surface area contributed by atoms with Gasteiger partial charge in [-0.3, -0.25) is 0 Å². The lowest BCUT2D eigenvalue weighted by molar-refractivity contribution is -0.159. The first kappa shape index (κ1) is 20.7. The second-order valence-corrected chi connectivity index (χ2v) is 5.97. The van der Waals surface area contributed by atoms with Crippen molar-refractivity contribution in [2.24, 2.45) is 0 Å². The number of rotatable bonds is 7. The second-order valence-electron chi connectivity index (χ2n) is 5.97. The van der Waals surface area contributed by atoms with Gasteiger partial charge in [-0.2, -0.15) is 0 Å². The van der Waals surface area contributed by atoms with Gasteiger partial charge in [-0.1, -0.05) is 23.8 Å². The highest BCUT2D eigenvalue weighted by Gasteiger charge is 2.10. The summed E-state index contributed by atoms with van der Waals surface area (Å²) < 4.78 is 5.93. The van der Waals surface area contributed by atoms with Crippen LogP contribution in [-0.4, -0.2) is 53.3 Å². The minimum atomic E-state index is -1.82. The molecule has 1 aliphatic rings. The standard InChI is InChI=1S/C17H25NO.C2H2O4/c1-3-7-16-14-15(2)8-9-17(16)19-13-6-12-18-10-4-5-11-18;3-1(4)2(5)6/h3,8-9,14H,1,4-7,10-13H2,2H3;(H,3,4)(H,5,6). The van der Waals surface area contributed by atoms with E-state index < -0.39 is 11.9 Å². The van der Waals surface area contributed by atoms with E-state index in [1.165, 1.54) is 43.6 Å². The maximum absolute atomic E-state index is 9.10. The quantitative estimate of drug-likeness (QED) is 0.447. The van der Waals surface area contributed by atoms with E-state index in [-0.39, 0.29) is 0 Å². The van der Waals surface area contributed by atoms with E-state index in [9.17, 15) is 0 Å². The molecular weight excluding hydrogens is 322 g/mol. The summed E-state index contributed by atoms with van der Waals surface area (Å²) in [5, 5.41) is 14.8. The van der Waals surface area contributed by atoms with Crippen molar-refractivity contribution in [3.05, 3.63) is 42.0 Å². The Morgan fingerprint density at radius 2 is 1.88 bits per heavy atom. The fraction of sp³-hybridized carbons (Fsp3) is 0.474. The highest BCUT2D eigenvalue weighted by molar-refractivity contribution is 6.27. The fourth-order valence-corrected chi connectivity index (χ4v) is 2.64. The number of nitrogens with zero attached hydrogens (tertiary/aromatic N) is 1. The summed E-state index contributed by atoms with van der Waals surface area (Å²) in [6.07, 6.45) is 6.65. The second kappa shape index (κ2) is 11.3. The minimum absolute atomic E-state index is 0.809. The van der Waals surface area contributed by atoms with Crippen LogP contribution in [0.2, 0.25) is 0 Å². The number of allylic oxidation sites excluding steroid dienone is 1. The normalized spacial score (nSPS) is 13.6. The molecule has 2 rings (SSSR count). The van der Waals surface area contributed by atoms with Gasteiger partial charge in [0.2, 0.25) is 0 Å². The SMILES string of the molecule is C=CCc1cc(C)ccc1OCCCN1CCCC1.O=C(O)C(=O)O. The van der Waals surface area contributed by atoms with Gasteiger partial charge in [0.05, 0.1) is 6.61 Å². The number of aryl methyl sites for hydroxylation is 1. The van der Waals surface area contributed by atoms with E-state index in [0.29, 0.717) is 0 Å². The van der Waals surface area contributed by atoms with Crippen LogP contribution in [0.5, 0.6) is 5.75 Å². The number of hydrogen-bond acceptors (Lipinski definition) is 4. The molecule has 1 fully saturated rings. The van der Waals surface area contributed by atoms with E-state index in [0.717, 1.165) is 25.2 Å². The lowest BCUT2D eigenvalue weighted by Crippen LogP contribution is -2.22. The number of carboxylic acid groups (broad SMARTS) is 2. The molecule has 6 heteroatoms. The molecule has 6 nitrogen and oxygen atoms in total. The van der Waals surface area contributed by atoms with Crippen LogP contribution in [0, 0.1) is 6.92 Å². The van der Waals surface area contributed by atoms with Crippen LogP contribution in [0.4, 0.5) is 0 Å². The van der Waals surface area contributed by atoms with Crippen LogP contribution in [0.25, 0.3) is 0 Å². The molecule has 0 amide bonds. The van der Waals surface area contributed by atoms with Crippen molar-refractivity contribution < 1.29 is 24.5 Å². The van der Waals surface area contributed by atoms with Crippen molar-refractivity contribution >= 4 is 11.9 Å². The zero-order valence-corrected chi connectivity index (χ0v) is 14.7. The number of aliphatic carboxylic acids is 2. The van der Waals surface area contributed by atoms with Gasteiger partial charge in [0.1, 0.15) is 5.75 Å². The third-order valence-electron chi connectivity index (χ3n) is 3.84. The first-order valence-corrected chi connectivity index (χ1v) is 8.46. The highest BCUT2D eigenvalue weighted by Crippen LogP contribution is 2.21. The number of likely N-dealkylation sites (tertiary alicyclic amines) is 1. The fourth-order valence-electron chi connectivity index (χ4n) is 2.64. The molecule has 1 heterocycles. The van der Waals surface area contributed by atoms with Crippen LogP contribution in [0.3, 0.4) is 0 Å². The number of benzene rings is 1. The molecule has 0 unspecified atom stereocenters. The lowest BCUT2D eigenvalue weighted by atomic mass is 10.1. The van der Waals surface area contributed by atoms with E-state index in [2.05, 4.69) is 36.6 Å². The molecule has 1 saturated heterocycles. The lowest BCUT2D eigenvalue weighted by Gasteiger charge is -2.15. The van der Waals surface area contributed by atoms with Crippen LogP contribution in [-0.2, 0) is 16.0 Å². The van der Waals surface area contributed by atoms with Gasteiger partial charge >= 0.3 is 11.9 Å². The Labute approximate surface area is 148 Å². The molecular formula is C19H27NO5. The molecule has 0 saturated carbocycles. The Kier molecular flexibility index (Phi) is 9.32. The summed E-state index contributed by atoms with van der Waals surface area (Å²) in [6, 6.07) is 6.39. The van der Waals surface area contributed by atoms with Gasteiger partial charge in [-0.25, -0.2) is 9.59 Å². The molecule has 0 aromatic heterocycles. The zero-order chi connectivity index (χ0) is 18.7. The smallest absolute Gasteiger partial charge is 0.414 e. The van der Waals surface area contributed by atoms with Crippen LogP contribution in [0.1, 0.15) is 30.4 Å². The van der Waals surface area contributed by atoms with Gasteiger partial charge in [0, 0.05) is 6.54 Å². The van der Waals surface area contributed by atoms with Crippen LogP contribution < -0.4 is 4.74 Å². The topological polar surface area (TPSA) is 87.1 Å². The maximum Gasteiger partial charge on any atom is 0.414 e. The van der Waals surface area contributed by atoms with Crippen molar-refractivity contribution in [1.82, 2.24) is 4.90 Å². The number of carboxylic acids is 2. The van der Waals surface area contributed by atoms with Gasteiger partial charge in [-0.15, -0.1) is 6.58 Å². The molecule has 0 spiro atoms. The number of carbonyl (C=O) groups is 2. The number of ether oxygens (including phenoxy) is 1. The molecule has 1 aromatic carbocycles. The summed E-state index contributed by atoms with van der Waals surface area (Å²) in [7, 11) is 0. The van der Waals surface area contributed by atoms with Gasteiger partial charge in [0.25, 0.3) is 0 Å². The van der Waals surface area contributed by atoms with E-state index in [1.807, 2.05) is 6.08 Å². The van der Waals surface area contributed by atoms with Crippen molar-refractivity contribution in [1.29, 1.82) is 0 Å². The minimum Gasteiger partial charge on any atom is -0.493 e. The predicted molar refractivity (Wildman–Crippen MR) is 96.1 cm³/mol. The Morgan fingerprint density at radius 1 is 1.24 bits per heavy atom. The maximum atomic E-state index is 9.10. The molecule has 1 aliphatic heterocycles. The zero-order valence-electron chi connectivity index (χ0n) is 14.7. The summed E-state index contributed by atoms with van der Waals surface area (Å²) >= 11 is 0. The molecule has 1 aromatic rings. The van der Waals surface area contributed by atoms with Crippen molar-refractivity contribution in [2.75, 3.05) is 26.2 Å². The monoisotopic (exact) mass is 349 g/mol. The van der Waals surface area contributed by atoms with Crippen molar-refractivity contribution in [2.45, 2.75) is 32.6 Å². The molecule has 2 N–H and O–H groups in total. The predicted octanol–water partition coefficient (Wildman–Crippen LogP) is 2.74. The third-order valence-corrected chi connectivity index (χ3v) is 3.84. The first-order valence-electron chi connectivity index (χ1n) is 8.46. The first-order chi connectivity index (χ1) is 11.9. The number of hydrogen-bond donors (Lipinski definition) is 2. The van der Waals surface area contributed by atoms with E-state index in [1.54, 1.807) is 0 Å². The van der Waals surface area contributed by atoms with Crippen LogP contribution >= 0.6 is 0 Å². The van der Waals surface area contributed by atoms with Crippen molar-refractivity contribution in [3.63, 3.8) is 0 Å². The summed E-state index contributed by atoms with van der Waals surface area (Å²) in [5.74, 6) is -2.63. The Bertz CT molecular complexity index is 567. The molecule has 138 valence electrons. The average Bonchev–Trinajstić information content (AvgIpc) is 3.07. The summed E-state index contributed by atoms with van der Waals surface area (Å²) in [5.41, 5.74) is 2.53. The Morgan fingerprint density at radius 3 is 2.44 bits per heavy atom. The molecule has 0 bridgehead atoms. The van der Waals surface area contributed by atoms with Gasteiger partial charge in [0.15, 0.2) is 0 Å². The molecule has 0 aliphatic carbocycles. The Balaban J connectivity index is 0.000000450. The molecule has 0 atom stereocenters. The summed E-state index contributed by atoms with van der Waals surface area (Å²) in [4.78, 5) is 20.7. The van der Waals surface area contributed by atoms with Gasteiger partial charge < -0.3 is 19.8 Å². The summed E-state index contributed by atoms with van der Waals surface area (Å²) in [6.45, 7) is 10.4.